The third-order valence-corrected chi connectivity index (χ3v) is 3.17. The quantitative estimate of drug-likeness (QED) is 0.790. The van der Waals surface area contributed by atoms with Crippen LogP contribution in [0.1, 0.15) is 48.0 Å². The van der Waals surface area contributed by atoms with E-state index in [1.54, 1.807) is 0 Å². The van der Waals surface area contributed by atoms with Crippen molar-refractivity contribution in [2.24, 2.45) is 0 Å². The number of hydrogen-bond acceptors (Lipinski definition) is 4. The molecule has 1 unspecified atom stereocenters. The van der Waals surface area contributed by atoms with Crippen LogP contribution in [0.2, 0.25) is 0 Å². The van der Waals surface area contributed by atoms with Crippen LogP contribution in [0.3, 0.4) is 0 Å². The van der Waals surface area contributed by atoms with Crippen LogP contribution in [0.4, 0.5) is 0 Å². The number of carbonyl (C=O) groups is 1. The molecule has 0 aliphatic carbocycles. The Morgan fingerprint density at radius 2 is 2.44 bits per heavy atom. The van der Waals surface area contributed by atoms with Crippen LogP contribution in [0, 0.1) is 6.92 Å². The fourth-order valence-electron chi connectivity index (χ4n) is 2.19. The normalized spacial score (nSPS) is 20.2. The molecule has 1 aliphatic heterocycles. The first-order valence-electron chi connectivity index (χ1n) is 5.94. The van der Waals surface area contributed by atoms with Gasteiger partial charge < -0.3 is 9.84 Å². The van der Waals surface area contributed by atoms with Crippen molar-refractivity contribution in [2.75, 3.05) is 6.54 Å². The van der Waals surface area contributed by atoms with E-state index in [4.69, 9.17) is 4.52 Å². The summed E-state index contributed by atoms with van der Waals surface area (Å²) in [5, 5.41) is 7.33. The largest absolute Gasteiger partial charge is 0.353 e. The summed E-state index contributed by atoms with van der Waals surface area (Å²) in [6.07, 6.45) is 3.71. The highest BCUT2D eigenvalue weighted by Gasteiger charge is 2.23. The molecule has 88 valence electrons. The minimum Gasteiger partial charge on any atom is -0.353 e. The van der Waals surface area contributed by atoms with Crippen molar-refractivity contribution in [1.29, 1.82) is 0 Å². The summed E-state index contributed by atoms with van der Waals surface area (Å²) >= 11 is 0. The second-order valence-electron chi connectivity index (χ2n) is 4.35. The molecule has 0 bridgehead atoms. The summed E-state index contributed by atoms with van der Waals surface area (Å²) in [6.45, 7) is 4.82. The van der Waals surface area contributed by atoms with Crippen molar-refractivity contribution in [3.05, 3.63) is 17.0 Å². The fourth-order valence-corrected chi connectivity index (χ4v) is 2.19. The van der Waals surface area contributed by atoms with Gasteiger partial charge in [0, 0.05) is 18.0 Å². The highest BCUT2D eigenvalue weighted by atomic mass is 16.5. The molecule has 0 saturated carbocycles. The second-order valence-corrected chi connectivity index (χ2v) is 4.35. The fraction of sp³-hybridized carbons (Fsp3) is 0.667. The van der Waals surface area contributed by atoms with Gasteiger partial charge in [-0.25, -0.2) is 0 Å². The van der Waals surface area contributed by atoms with E-state index in [1.165, 1.54) is 12.8 Å². The van der Waals surface area contributed by atoms with E-state index < -0.39 is 0 Å². The summed E-state index contributed by atoms with van der Waals surface area (Å²) in [5.41, 5.74) is 1.84. The molecular weight excluding hydrogens is 204 g/mol. The highest BCUT2D eigenvalue weighted by molar-refractivity contribution is 5.94. The Hall–Kier alpha value is -1.16. The molecule has 1 aliphatic rings. The average molecular weight is 222 g/mol. The number of ketones is 1. The Labute approximate surface area is 95.4 Å². The topological polar surface area (TPSA) is 55.1 Å². The molecule has 4 heteroatoms. The number of Topliss-reactive ketones (excluding diaryl/α,β-unsaturated/α-hetero) is 1. The number of aromatic nitrogens is 1. The standard InChI is InChI=1S/C12H18N2O2/c1-3-11(15)12-10(8(2)14-16-12)7-9-5-4-6-13-9/h9,13H,3-7H2,1-2H3. The predicted molar refractivity (Wildman–Crippen MR) is 60.6 cm³/mol. The molecule has 1 fully saturated rings. The van der Waals surface area contributed by atoms with Crippen LogP contribution in [-0.4, -0.2) is 23.5 Å². The summed E-state index contributed by atoms with van der Waals surface area (Å²) in [4.78, 5) is 11.7. The minimum absolute atomic E-state index is 0.0496. The minimum atomic E-state index is 0.0496. The van der Waals surface area contributed by atoms with Crippen LogP contribution >= 0.6 is 0 Å². The van der Waals surface area contributed by atoms with Crippen molar-refractivity contribution in [3.8, 4) is 0 Å². The molecule has 1 atom stereocenters. The van der Waals surface area contributed by atoms with Crippen molar-refractivity contribution in [3.63, 3.8) is 0 Å². The Kier molecular flexibility index (Phi) is 3.39. The van der Waals surface area contributed by atoms with E-state index in [2.05, 4.69) is 10.5 Å². The van der Waals surface area contributed by atoms with Gasteiger partial charge in [0.25, 0.3) is 0 Å². The molecule has 2 heterocycles. The summed E-state index contributed by atoms with van der Waals surface area (Å²) in [7, 11) is 0. The second kappa shape index (κ2) is 4.78. The number of hydrogen-bond donors (Lipinski definition) is 1. The first-order valence-corrected chi connectivity index (χ1v) is 5.94. The molecule has 1 aromatic heterocycles. The van der Waals surface area contributed by atoms with E-state index in [9.17, 15) is 4.79 Å². The molecule has 1 saturated heterocycles. The first kappa shape index (κ1) is 11.3. The lowest BCUT2D eigenvalue weighted by Gasteiger charge is -2.09. The molecule has 4 nitrogen and oxygen atoms in total. The maximum absolute atomic E-state index is 11.7. The van der Waals surface area contributed by atoms with Crippen LogP contribution in [0.15, 0.2) is 4.52 Å². The van der Waals surface area contributed by atoms with Gasteiger partial charge in [-0.05, 0) is 32.7 Å². The van der Waals surface area contributed by atoms with Crippen molar-refractivity contribution >= 4 is 5.78 Å². The van der Waals surface area contributed by atoms with Gasteiger partial charge in [-0.2, -0.15) is 0 Å². The Morgan fingerprint density at radius 1 is 1.62 bits per heavy atom. The van der Waals surface area contributed by atoms with Crippen LogP contribution in [0.25, 0.3) is 0 Å². The lowest BCUT2D eigenvalue weighted by atomic mass is 10.0. The summed E-state index contributed by atoms with van der Waals surface area (Å²) in [6, 6.07) is 0.474. The molecule has 0 amide bonds. The Bertz CT molecular complexity index is 378. The van der Waals surface area contributed by atoms with E-state index in [-0.39, 0.29) is 5.78 Å². The smallest absolute Gasteiger partial charge is 0.205 e. The lowest BCUT2D eigenvalue weighted by molar-refractivity contribution is 0.0951. The monoisotopic (exact) mass is 222 g/mol. The number of nitrogens with one attached hydrogen (secondary N) is 1. The summed E-state index contributed by atoms with van der Waals surface area (Å²) < 4.78 is 5.13. The van der Waals surface area contributed by atoms with E-state index in [1.807, 2.05) is 13.8 Å². The highest BCUT2D eigenvalue weighted by Crippen LogP contribution is 2.20. The zero-order valence-electron chi connectivity index (χ0n) is 9.88. The van der Waals surface area contributed by atoms with Gasteiger partial charge in [0.15, 0.2) is 0 Å². The summed E-state index contributed by atoms with van der Waals surface area (Å²) in [5.74, 6) is 0.516. The van der Waals surface area contributed by atoms with Crippen molar-refractivity contribution < 1.29 is 9.32 Å². The van der Waals surface area contributed by atoms with Crippen LogP contribution < -0.4 is 5.32 Å². The van der Waals surface area contributed by atoms with Crippen molar-refractivity contribution in [2.45, 2.75) is 45.6 Å². The van der Waals surface area contributed by atoms with E-state index in [0.717, 1.165) is 24.2 Å². The third kappa shape index (κ3) is 2.16. The molecule has 16 heavy (non-hydrogen) atoms. The molecule has 0 radical (unpaired) electrons. The van der Waals surface area contributed by atoms with Gasteiger partial charge in [-0.15, -0.1) is 0 Å². The molecular formula is C12H18N2O2. The number of rotatable bonds is 4. The van der Waals surface area contributed by atoms with Gasteiger partial charge in [0.2, 0.25) is 11.5 Å². The van der Waals surface area contributed by atoms with E-state index in [0.29, 0.717) is 18.2 Å². The maximum Gasteiger partial charge on any atom is 0.205 e. The predicted octanol–water partition coefficient (Wildman–Crippen LogP) is 1.87. The van der Waals surface area contributed by atoms with Gasteiger partial charge >= 0.3 is 0 Å². The average Bonchev–Trinajstić information content (AvgIpc) is 2.90. The Morgan fingerprint density at radius 3 is 3.06 bits per heavy atom. The molecule has 1 N–H and O–H groups in total. The third-order valence-electron chi connectivity index (χ3n) is 3.17. The molecule has 1 aromatic rings. The maximum atomic E-state index is 11.7. The van der Waals surface area contributed by atoms with Gasteiger partial charge in [0.05, 0.1) is 5.69 Å². The molecule has 2 rings (SSSR count). The molecule has 0 aromatic carbocycles. The van der Waals surface area contributed by atoms with Crippen LogP contribution in [-0.2, 0) is 6.42 Å². The number of aryl methyl sites for hydroxylation is 1. The Balaban J connectivity index is 2.17. The van der Waals surface area contributed by atoms with Gasteiger partial charge in [-0.1, -0.05) is 12.1 Å². The van der Waals surface area contributed by atoms with E-state index >= 15 is 0 Å². The molecule has 0 spiro atoms. The van der Waals surface area contributed by atoms with Gasteiger partial charge in [-0.3, -0.25) is 4.79 Å². The van der Waals surface area contributed by atoms with Crippen molar-refractivity contribution in [1.82, 2.24) is 10.5 Å². The first-order chi connectivity index (χ1) is 7.72. The zero-order valence-corrected chi connectivity index (χ0v) is 9.88. The number of carbonyl (C=O) groups excluding carboxylic acids is 1. The zero-order chi connectivity index (χ0) is 11.5. The number of nitrogens with zero attached hydrogens (tertiary/aromatic N) is 1. The van der Waals surface area contributed by atoms with Gasteiger partial charge in [0.1, 0.15) is 0 Å². The van der Waals surface area contributed by atoms with Crippen LogP contribution in [0.5, 0.6) is 0 Å². The SMILES string of the molecule is CCC(=O)c1onc(C)c1CC1CCCN1. The lowest BCUT2D eigenvalue weighted by Crippen LogP contribution is -2.24.